The number of nitriles is 1. The number of aromatic nitrogens is 2. The normalized spacial score (nSPS) is 29.6. The van der Waals surface area contributed by atoms with Gasteiger partial charge >= 0.3 is 0 Å². The second-order valence-corrected chi connectivity index (χ2v) is 10.9. The third-order valence-electron chi connectivity index (χ3n) is 7.87. The van der Waals surface area contributed by atoms with Crippen LogP contribution >= 0.6 is 11.6 Å². The number of aliphatic hydroxyl groups excluding tert-OH is 1. The van der Waals surface area contributed by atoms with Crippen molar-refractivity contribution < 1.29 is 19.4 Å². The fourth-order valence-electron chi connectivity index (χ4n) is 5.72. The van der Waals surface area contributed by atoms with E-state index < -0.39 is 0 Å². The highest BCUT2D eigenvalue weighted by atomic mass is 35.5. The van der Waals surface area contributed by atoms with E-state index in [0.717, 1.165) is 64.2 Å². The molecule has 8 nitrogen and oxygen atoms in total. The molecule has 1 spiro atoms. The quantitative estimate of drug-likeness (QED) is 0.583. The van der Waals surface area contributed by atoms with Gasteiger partial charge in [-0.3, -0.25) is 4.79 Å². The number of hydrogen-bond acceptors (Lipinski definition) is 7. The number of rotatable bonds is 6. The summed E-state index contributed by atoms with van der Waals surface area (Å²) < 4.78 is 12.0. The van der Waals surface area contributed by atoms with Crippen LogP contribution in [0.2, 0.25) is 5.02 Å². The number of aliphatic hydroxyl groups is 1. The lowest BCUT2D eigenvalue weighted by molar-refractivity contribution is -0.0632. The fourth-order valence-corrected chi connectivity index (χ4v) is 5.94. The van der Waals surface area contributed by atoms with E-state index in [4.69, 9.17) is 26.3 Å². The summed E-state index contributed by atoms with van der Waals surface area (Å²) in [5, 5.41) is 30.4. The Morgan fingerprint density at radius 2 is 1.78 bits per heavy atom. The van der Waals surface area contributed by atoms with E-state index in [9.17, 15) is 9.90 Å². The molecular weight excluding hydrogens is 480 g/mol. The molecular formula is C27H31ClN4O4. The molecule has 1 amide bonds. The van der Waals surface area contributed by atoms with Gasteiger partial charge in [-0.25, -0.2) is 0 Å². The van der Waals surface area contributed by atoms with E-state index in [1.54, 1.807) is 30.3 Å². The van der Waals surface area contributed by atoms with Crippen LogP contribution in [0.1, 0.15) is 80.3 Å². The van der Waals surface area contributed by atoms with Gasteiger partial charge in [-0.05, 0) is 87.8 Å². The highest BCUT2D eigenvalue weighted by molar-refractivity contribution is 6.31. The van der Waals surface area contributed by atoms with Gasteiger partial charge in [0.25, 0.3) is 5.91 Å². The van der Waals surface area contributed by atoms with Crippen LogP contribution in [0.4, 0.5) is 0 Å². The van der Waals surface area contributed by atoms with Crippen molar-refractivity contribution in [3.05, 3.63) is 46.6 Å². The number of nitrogens with zero attached hydrogens (tertiary/aromatic N) is 3. The highest BCUT2D eigenvalue weighted by Gasteiger charge is 2.47. The Balaban J connectivity index is 1.04. The van der Waals surface area contributed by atoms with Gasteiger partial charge in [-0.1, -0.05) is 11.6 Å². The number of nitrogens with one attached hydrogen (secondary N) is 1. The molecule has 9 heteroatoms. The molecule has 0 aliphatic heterocycles. The van der Waals surface area contributed by atoms with Crippen molar-refractivity contribution in [3.63, 3.8) is 0 Å². The summed E-state index contributed by atoms with van der Waals surface area (Å²) in [6.45, 7) is 0. The first kappa shape index (κ1) is 24.8. The van der Waals surface area contributed by atoms with Gasteiger partial charge in [0.1, 0.15) is 17.9 Å². The molecule has 5 rings (SSSR count). The van der Waals surface area contributed by atoms with E-state index >= 15 is 0 Å². The number of ether oxygens (including phenoxy) is 2. The molecule has 1 heterocycles. The monoisotopic (exact) mass is 510 g/mol. The molecule has 2 N–H and O–H groups in total. The Bertz CT molecular complexity index is 1110. The zero-order chi connectivity index (χ0) is 25.1. The third-order valence-corrected chi connectivity index (χ3v) is 8.18. The van der Waals surface area contributed by atoms with E-state index in [-0.39, 0.29) is 36.0 Å². The van der Waals surface area contributed by atoms with Gasteiger partial charge < -0.3 is 19.9 Å². The predicted molar refractivity (Wildman–Crippen MR) is 133 cm³/mol. The molecule has 3 aliphatic rings. The molecule has 0 radical (unpaired) electrons. The van der Waals surface area contributed by atoms with Gasteiger partial charge in [-0.15, -0.1) is 10.2 Å². The topological polar surface area (TPSA) is 117 Å². The Kier molecular flexibility index (Phi) is 7.31. The maximum atomic E-state index is 12.7. The minimum atomic E-state index is -0.236. The Morgan fingerprint density at radius 3 is 2.42 bits per heavy atom. The average Bonchev–Trinajstić information content (AvgIpc) is 2.86. The summed E-state index contributed by atoms with van der Waals surface area (Å²) in [5.41, 5.74) is 1.03. The molecule has 3 aliphatic carbocycles. The molecule has 1 aromatic heterocycles. The lowest BCUT2D eigenvalue weighted by Gasteiger charge is -2.50. The van der Waals surface area contributed by atoms with Crippen LogP contribution in [0, 0.1) is 16.7 Å². The zero-order valence-electron chi connectivity index (χ0n) is 20.2. The fraction of sp³-hybridized carbons (Fsp3) is 0.556. The number of hydrogen-bond donors (Lipinski definition) is 2. The van der Waals surface area contributed by atoms with Crippen LogP contribution in [0.25, 0.3) is 0 Å². The first-order valence-electron chi connectivity index (χ1n) is 12.8. The standard InChI is InChI=1S/C27H31ClN4O4/c28-23-13-21(4-1-17(23)16-29)35-20-5-2-18(3-6-20)30-26(34)24-7-8-25(32-31-24)36-22-14-27(15-22)11-9-19(33)10-12-27/h1,4,7-8,13,18-20,22,33H,2-3,5-6,9-12,14-15H2,(H,30,34). The Morgan fingerprint density at radius 1 is 1.03 bits per heavy atom. The largest absolute Gasteiger partial charge is 0.490 e. The Labute approximate surface area is 216 Å². The molecule has 2 aromatic rings. The van der Waals surface area contributed by atoms with Crippen LogP contribution in [0.3, 0.4) is 0 Å². The molecule has 3 fully saturated rings. The van der Waals surface area contributed by atoms with Crippen LogP contribution in [0.5, 0.6) is 11.6 Å². The van der Waals surface area contributed by atoms with Gasteiger partial charge in [0, 0.05) is 18.2 Å². The summed E-state index contributed by atoms with van der Waals surface area (Å²) in [7, 11) is 0. The van der Waals surface area contributed by atoms with Gasteiger partial charge in [0.2, 0.25) is 5.88 Å². The van der Waals surface area contributed by atoms with E-state index in [2.05, 4.69) is 15.5 Å². The first-order valence-corrected chi connectivity index (χ1v) is 13.1. The lowest BCUT2D eigenvalue weighted by atomic mass is 9.59. The van der Waals surface area contributed by atoms with Gasteiger partial charge in [0.15, 0.2) is 5.69 Å². The molecule has 1 aromatic carbocycles. The van der Waals surface area contributed by atoms with Crippen molar-refractivity contribution in [1.29, 1.82) is 5.26 Å². The first-order chi connectivity index (χ1) is 17.4. The smallest absolute Gasteiger partial charge is 0.272 e. The number of halogens is 1. The number of amides is 1. The van der Waals surface area contributed by atoms with Crippen molar-refractivity contribution in [3.8, 4) is 17.7 Å². The van der Waals surface area contributed by atoms with Crippen molar-refractivity contribution in [2.24, 2.45) is 5.41 Å². The number of benzene rings is 1. The molecule has 0 atom stereocenters. The van der Waals surface area contributed by atoms with Gasteiger partial charge in [-0.2, -0.15) is 5.26 Å². The maximum absolute atomic E-state index is 12.7. The maximum Gasteiger partial charge on any atom is 0.272 e. The van der Waals surface area contributed by atoms with Crippen molar-refractivity contribution in [1.82, 2.24) is 15.5 Å². The number of carbonyl (C=O) groups is 1. The third kappa shape index (κ3) is 5.74. The summed E-state index contributed by atoms with van der Waals surface area (Å²) in [6, 6.07) is 10.6. The molecule has 36 heavy (non-hydrogen) atoms. The molecule has 0 bridgehead atoms. The van der Waals surface area contributed by atoms with Crippen LogP contribution in [-0.4, -0.2) is 45.6 Å². The van der Waals surface area contributed by atoms with E-state index in [1.165, 1.54) is 0 Å². The minimum absolute atomic E-state index is 0.0442. The predicted octanol–water partition coefficient (Wildman–Crippen LogP) is 4.58. The molecule has 3 saturated carbocycles. The Hall–Kier alpha value is -2.89. The highest BCUT2D eigenvalue weighted by Crippen LogP contribution is 2.52. The summed E-state index contributed by atoms with van der Waals surface area (Å²) in [5.74, 6) is 0.863. The van der Waals surface area contributed by atoms with E-state index in [1.807, 2.05) is 6.07 Å². The second kappa shape index (κ2) is 10.6. The molecule has 190 valence electrons. The lowest BCUT2D eigenvalue weighted by Crippen LogP contribution is -2.46. The summed E-state index contributed by atoms with van der Waals surface area (Å²) >= 11 is 6.09. The average molecular weight is 511 g/mol. The zero-order valence-corrected chi connectivity index (χ0v) is 20.9. The molecule has 0 saturated heterocycles. The van der Waals surface area contributed by atoms with Crippen molar-refractivity contribution in [2.75, 3.05) is 0 Å². The molecule has 0 unspecified atom stereocenters. The second-order valence-electron chi connectivity index (χ2n) is 10.5. The van der Waals surface area contributed by atoms with E-state index in [0.29, 0.717) is 27.6 Å². The van der Waals surface area contributed by atoms with Gasteiger partial charge in [0.05, 0.1) is 22.8 Å². The van der Waals surface area contributed by atoms with Crippen LogP contribution < -0.4 is 14.8 Å². The van der Waals surface area contributed by atoms with Crippen LogP contribution in [-0.2, 0) is 0 Å². The van der Waals surface area contributed by atoms with Crippen molar-refractivity contribution >= 4 is 17.5 Å². The minimum Gasteiger partial charge on any atom is -0.490 e. The SMILES string of the molecule is N#Cc1ccc(OC2CCC(NC(=O)c3ccc(OC4CC5(CCC(O)CC5)C4)nn3)CC2)cc1Cl. The van der Waals surface area contributed by atoms with Crippen molar-refractivity contribution in [2.45, 2.75) is 88.6 Å². The summed E-state index contributed by atoms with van der Waals surface area (Å²) in [6.07, 6.45) is 9.15. The van der Waals surface area contributed by atoms with Crippen LogP contribution in [0.15, 0.2) is 30.3 Å². The number of carbonyl (C=O) groups excluding carboxylic acids is 1. The summed E-state index contributed by atoms with van der Waals surface area (Å²) in [4.78, 5) is 12.7.